The average Bonchev–Trinajstić information content (AvgIpc) is 2.44. The fourth-order valence-electron chi connectivity index (χ4n) is 1.71. The van der Waals surface area contributed by atoms with E-state index < -0.39 is 0 Å². The highest BCUT2D eigenvalue weighted by Gasteiger charge is 2.12. The van der Waals surface area contributed by atoms with E-state index in [9.17, 15) is 4.79 Å². The van der Waals surface area contributed by atoms with Crippen LogP contribution in [0.3, 0.4) is 0 Å². The van der Waals surface area contributed by atoms with Crippen LogP contribution >= 0.6 is 27.5 Å². The minimum atomic E-state index is -0.219. The predicted molar refractivity (Wildman–Crippen MR) is 84.7 cm³/mol. The summed E-state index contributed by atoms with van der Waals surface area (Å²) in [4.78, 5) is 12.3. The van der Waals surface area contributed by atoms with Crippen molar-refractivity contribution in [1.82, 2.24) is 0 Å². The van der Waals surface area contributed by atoms with Gasteiger partial charge < -0.3 is 10.1 Å². The van der Waals surface area contributed by atoms with Gasteiger partial charge in [0, 0.05) is 10.2 Å². The van der Waals surface area contributed by atoms with Gasteiger partial charge in [-0.1, -0.05) is 23.7 Å². The molecule has 104 valence electrons. The molecule has 2 aromatic carbocycles. The van der Waals surface area contributed by atoms with Crippen LogP contribution in [0.1, 0.15) is 17.3 Å². The Morgan fingerprint density at radius 1 is 1.30 bits per heavy atom. The van der Waals surface area contributed by atoms with Gasteiger partial charge in [-0.15, -0.1) is 0 Å². The highest BCUT2D eigenvalue weighted by Crippen LogP contribution is 2.26. The highest BCUT2D eigenvalue weighted by molar-refractivity contribution is 9.10. The van der Waals surface area contributed by atoms with Crippen molar-refractivity contribution in [1.29, 1.82) is 0 Å². The van der Waals surface area contributed by atoms with Gasteiger partial charge in [-0.25, -0.2) is 0 Å². The van der Waals surface area contributed by atoms with Crippen LogP contribution in [-0.4, -0.2) is 12.5 Å². The van der Waals surface area contributed by atoms with E-state index in [1.807, 2.05) is 13.0 Å². The first-order valence-electron chi connectivity index (χ1n) is 6.10. The van der Waals surface area contributed by atoms with Crippen LogP contribution in [0.4, 0.5) is 5.69 Å². The third-order valence-electron chi connectivity index (χ3n) is 2.61. The van der Waals surface area contributed by atoms with Crippen molar-refractivity contribution in [2.24, 2.45) is 0 Å². The van der Waals surface area contributed by atoms with Crippen molar-refractivity contribution in [3.63, 3.8) is 0 Å². The lowest BCUT2D eigenvalue weighted by Gasteiger charge is -2.10. The maximum Gasteiger partial charge on any atom is 0.259 e. The molecule has 0 aliphatic carbocycles. The first kappa shape index (κ1) is 14.9. The number of benzene rings is 2. The van der Waals surface area contributed by atoms with E-state index in [1.165, 1.54) is 0 Å². The second kappa shape index (κ2) is 6.77. The van der Waals surface area contributed by atoms with Crippen LogP contribution in [0.2, 0.25) is 5.02 Å². The zero-order valence-corrected chi connectivity index (χ0v) is 13.2. The molecule has 1 amide bonds. The molecule has 0 aromatic heterocycles. The first-order valence-corrected chi connectivity index (χ1v) is 7.27. The molecule has 2 aromatic rings. The smallest absolute Gasteiger partial charge is 0.259 e. The Balaban J connectivity index is 2.21. The van der Waals surface area contributed by atoms with Crippen LogP contribution in [0.25, 0.3) is 0 Å². The maximum atomic E-state index is 12.3. The summed E-state index contributed by atoms with van der Waals surface area (Å²) in [6.07, 6.45) is 0. The largest absolute Gasteiger partial charge is 0.493 e. The number of amides is 1. The van der Waals surface area contributed by atoms with E-state index in [4.69, 9.17) is 16.3 Å². The number of nitrogens with one attached hydrogen (secondary N) is 1. The van der Waals surface area contributed by atoms with Crippen molar-refractivity contribution in [3.8, 4) is 5.75 Å². The summed E-state index contributed by atoms with van der Waals surface area (Å²) >= 11 is 9.24. The Morgan fingerprint density at radius 3 is 2.75 bits per heavy atom. The Labute approximate surface area is 131 Å². The van der Waals surface area contributed by atoms with Gasteiger partial charge in [0.05, 0.1) is 17.2 Å². The van der Waals surface area contributed by atoms with Crippen LogP contribution in [0.5, 0.6) is 5.75 Å². The average molecular weight is 355 g/mol. The molecule has 0 unspecified atom stereocenters. The summed E-state index contributed by atoms with van der Waals surface area (Å²) < 4.78 is 6.18. The molecule has 0 radical (unpaired) electrons. The second-order valence-corrected chi connectivity index (χ2v) is 5.27. The van der Waals surface area contributed by atoms with E-state index in [2.05, 4.69) is 21.2 Å². The normalized spacial score (nSPS) is 10.2. The molecule has 0 saturated heterocycles. The van der Waals surface area contributed by atoms with Crippen molar-refractivity contribution < 1.29 is 9.53 Å². The summed E-state index contributed by atoms with van der Waals surface area (Å²) in [6.45, 7) is 2.39. The number of para-hydroxylation sites is 1. The zero-order chi connectivity index (χ0) is 14.5. The third-order valence-corrected chi connectivity index (χ3v) is 3.82. The Hall–Kier alpha value is -1.52. The molecule has 0 saturated carbocycles. The molecule has 0 bridgehead atoms. The molecule has 20 heavy (non-hydrogen) atoms. The maximum absolute atomic E-state index is 12.3. The molecule has 0 fully saturated rings. The minimum Gasteiger partial charge on any atom is -0.493 e. The molecule has 2 rings (SSSR count). The van der Waals surface area contributed by atoms with Gasteiger partial charge in [-0.2, -0.15) is 0 Å². The van der Waals surface area contributed by atoms with Gasteiger partial charge in [0.15, 0.2) is 0 Å². The Morgan fingerprint density at radius 2 is 2.05 bits per heavy atom. The van der Waals surface area contributed by atoms with E-state index in [0.717, 1.165) is 4.47 Å². The number of carbonyl (C=O) groups excluding carboxylic acids is 1. The number of rotatable bonds is 4. The van der Waals surface area contributed by atoms with Gasteiger partial charge >= 0.3 is 0 Å². The molecule has 0 heterocycles. The molecular formula is C15H13BrClNO2. The van der Waals surface area contributed by atoms with Crippen LogP contribution in [0.15, 0.2) is 46.9 Å². The predicted octanol–water partition coefficient (Wildman–Crippen LogP) is 4.75. The van der Waals surface area contributed by atoms with Gasteiger partial charge in [0.25, 0.3) is 5.91 Å². The van der Waals surface area contributed by atoms with Crippen LogP contribution in [0, 0.1) is 0 Å². The lowest BCUT2D eigenvalue weighted by atomic mass is 10.2. The second-order valence-electron chi connectivity index (χ2n) is 4.01. The van der Waals surface area contributed by atoms with E-state index in [0.29, 0.717) is 28.6 Å². The lowest BCUT2D eigenvalue weighted by molar-refractivity contribution is 0.102. The fraction of sp³-hybridized carbons (Fsp3) is 0.133. The Kier molecular flexibility index (Phi) is 5.04. The summed E-state index contributed by atoms with van der Waals surface area (Å²) in [6, 6.07) is 12.4. The van der Waals surface area contributed by atoms with E-state index >= 15 is 0 Å². The van der Waals surface area contributed by atoms with Crippen LogP contribution < -0.4 is 10.1 Å². The van der Waals surface area contributed by atoms with Gasteiger partial charge in [-0.05, 0) is 53.2 Å². The quantitative estimate of drug-likeness (QED) is 0.860. The van der Waals surface area contributed by atoms with Crippen molar-refractivity contribution >= 4 is 39.1 Å². The van der Waals surface area contributed by atoms with E-state index in [1.54, 1.807) is 36.4 Å². The SMILES string of the molecule is CCOc1ccccc1C(=O)Nc1ccc(Cl)c(Br)c1. The topological polar surface area (TPSA) is 38.3 Å². The minimum absolute atomic E-state index is 0.219. The molecule has 0 atom stereocenters. The van der Waals surface area contributed by atoms with Crippen molar-refractivity contribution in [3.05, 3.63) is 57.5 Å². The number of carbonyl (C=O) groups is 1. The number of ether oxygens (including phenoxy) is 1. The van der Waals surface area contributed by atoms with Gasteiger partial charge in [0.1, 0.15) is 5.75 Å². The lowest BCUT2D eigenvalue weighted by Crippen LogP contribution is -2.13. The van der Waals surface area contributed by atoms with Crippen molar-refractivity contribution in [2.45, 2.75) is 6.92 Å². The standard InChI is InChI=1S/C15H13BrClNO2/c1-2-20-14-6-4-3-5-11(14)15(19)18-10-7-8-13(17)12(16)9-10/h3-9H,2H2,1H3,(H,18,19). The number of hydrogen-bond donors (Lipinski definition) is 1. The zero-order valence-electron chi connectivity index (χ0n) is 10.8. The number of anilines is 1. The summed E-state index contributed by atoms with van der Waals surface area (Å²) in [5, 5.41) is 3.41. The van der Waals surface area contributed by atoms with Crippen molar-refractivity contribution in [2.75, 3.05) is 11.9 Å². The third kappa shape index (κ3) is 3.52. The molecule has 5 heteroatoms. The molecule has 3 nitrogen and oxygen atoms in total. The summed E-state index contributed by atoms with van der Waals surface area (Å²) in [5.41, 5.74) is 1.16. The Bertz CT molecular complexity index is 631. The molecule has 1 N–H and O–H groups in total. The van der Waals surface area contributed by atoms with E-state index in [-0.39, 0.29) is 5.91 Å². The van der Waals surface area contributed by atoms with Gasteiger partial charge in [0.2, 0.25) is 0 Å². The number of hydrogen-bond acceptors (Lipinski definition) is 2. The van der Waals surface area contributed by atoms with Gasteiger partial charge in [-0.3, -0.25) is 4.79 Å². The first-order chi connectivity index (χ1) is 9.61. The summed E-state index contributed by atoms with van der Waals surface area (Å²) in [7, 11) is 0. The highest BCUT2D eigenvalue weighted by atomic mass is 79.9. The molecule has 0 aliphatic rings. The molecule has 0 aliphatic heterocycles. The molecular weight excluding hydrogens is 342 g/mol. The molecule has 0 spiro atoms. The number of halogens is 2. The monoisotopic (exact) mass is 353 g/mol. The fourth-order valence-corrected chi connectivity index (χ4v) is 2.20. The summed E-state index contributed by atoms with van der Waals surface area (Å²) in [5.74, 6) is 0.351. The van der Waals surface area contributed by atoms with Crippen LogP contribution in [-0.2, 0) is 0 Å².